The average molecular weight is 368 g/mol. The van der Waals surface area contributed by atoms with Crippen molar-refractivity contribution in [1.82, 2.24) is 15.1 Å². The third kappa shape index (κ3) is 5.29. The van der Waals surface area contributed by atoms with Crippen molar-refractivity contribution in [2.45, 2.75) is 31.7 Å². The third-order valence-electron chi connectivity index (χ3n) is 3.38. The van der Waals surface area contributed by atoms with E-state index in [1.807, 2.05) is 24.6 Å². The summed E-state index contributed by atoms with van der Waals surface area (Å²) in [5.74, 6) is 0. The molecule has 1 aromatic heterocycles. The Morgan fingerprint density at radius 2 is 1.96 bits per heavy atom. The van der Waals surface area contributed by atoms with Crippen LogP contribution in [-0.2, 0) is 16.6 Å². The van der Waals surface area contributed by atoms with E-state index in [0.717, 1.165) is 24.4 Å². The minimum absolute atomic E-state index is 0.0665. The molecule has 4 N–H and O–H groups in total. The van der Waals surface area contributed by atoms with Gasteiger partial charge in [-0.1, -0.05) is 0 Å². The molecule has 0 saturated heterocycles. The molecule has 9 heteroatoms. The van der Waals surface area contributed by atoms with Crippen molar-refractivity contribution in [3.8, 4) is 0 Å². The molecule has 1 heterocycles. The number of nitrogens with zero attached hydrogens (tertiary/aromatic N) is 2. The number of nitrogens with one attached hydrogen (secondary N) is 2. The van der Waals surface area contributed by atoms with Crippen LogP contribution in [0.2, 0.25) is 0 Å². The summed E-state index contributed by atoms with van der Waals surface area (Å²) in [6.07, 6.45) is 0.883. The van der Waals surface area contributed by atoms with Crippen LogP contribution in [-0.4, -0.2) is 29.9 Å². The number of hydrogen-bond acceptors (Lipinski definition) is 4. The summed E-state index contributed by atoms with van der Waals surface area (Å²) >= 11 is 5.21. The first-order chi connectivity index (χ1) is 11.3. The number of hydrogen-bond donors (Lipinski definition) is 3. The molecule has 0 unspecified atom stereocenters. The number of rotatable bonds is 6. The standard InChI is InChI=1S/C15H21N5O2S2/c1-11-10-12(2)20(19-11)9-3-8-17-15(23)18-13-4-6-14(7-5-13)24(16,21)22/h4-7,10H,3,8-9H2,1-2H3,(H2,16,21,22)(H2,17,18,23). The lowest BCUT2D eigenvalue weighted by Gasteiger charge is -2.11. The van der Waals surface area contributed by atoms with E-state index in [1.54, 1.807) is 12.1 Å². The van der Waals surface area contributed by atoms with Gasteiger partial charge in [-0.2, -0.15) is 5.10 Å². The maximum Gasteiger partial charge on any atom is 0.238 e. The lowest BCUT2D eigenvalue weighted by atomic mass is 10.3. The SMILES string of the molecule is Cc1cc(C)n(CCCNC(=S)Nc2ccc(S(N)(=O)=O)cc2)n1. The maximum atomic E-state index is 11.2. The van der Waals surface area contributed by atoms with Crippen molar-refractivity contribution in [3.63, 3.8) is 0 Å². The first kappa shape index (κ1) is 18.4. The van der Waals surface area contributed by atoms with E-state index < -0.39 is 10.0 Å². The highest BCUT2D eigenvalue weighted by molar-refractivity contribution is 7.89. The Morgan fingerprint density at radius 3 is 2.50 bits per heavy atom. The zero-order valence-electron chi connectivity index (χ0n) is 13.6. The van der Waals surface area contributed by atoms with Crippen molar-refractivity contribution >= 4 is 33.0 Å². The normalized spacial score (nSPS) is 11.3. The van der Waals surface area contributed by atoms with Crippen molar-refractivity contribution in [2.75, 3.05) is 11.9 Å². The van der Waals surface area contributed by atoms with Gasteiger partial charge in [0.1, 0.15) is 0 Å². The smallest absolute Gasteiger partial charge is 0.238 e. The van der Waals surface area contributed by atoms with E-state index in [9.17, 15) is 8.42 Å². The minimum Gasteiger partial charge on any atom is -0.362 e. The van der Waals surface area contributed by atoms with Crippen LogP contribution in [0.1, 0.15) is 17.8 Å². The van der Waals surface area contributed by atoms with Crippen LogP contribution < -0.4 is 15.8 Å². The van der Waals surface area contributed by atoms with Crippen LogP contribution in [0, 0.1) is 13.8 Å². The highest BCUT2D eigenvalue weighted by Gasteiger charge is 2.07. The first-order valence-electron chi connectivity index (χ1n) is 7.44. The van der Waals surface area contributed by atoms with E-state index in [0.29, 0.717) is 17.3 Å². The number of aryl methyl sites for hydroxylation is 3. The van der Waals surface area contributed by atoms with Crippen molar-refractivity contribution in [1.29, 1.82) is 0 Å². The van der Waals surface area contributed by atoms with Gasteiger partial charge in [-0.05, 0) is 62.8 Å². The molecule has 0 aliphatic rings. The van der Waals surface area contributed by atoms with Crippen LogP contribution in [0.25, 0.3) is 0 Å². The van der Waals surface area contributed by atoms with Crippen LogP contribution in [0.4, 0.5) is 5.69 Å². The van der Waals surface area contributed by atoms with E-state index >= 15 is 0 Å². The second kappa shape index (κ2) is 7.73. The zero-order chi connectivity index (χ0) is 17.7. The average Bonchev–Trinajstić information content (AvgIpc) is 2.81. The summed E-state index contributed by atoms with van der Waals surface area (Å²) in [4.78, 5) is 0.0665. The van der Waals surface area contributed by atoms with Crippen LogP contribution >= 0.6 is 12.2 Å². The third-order valence-corrected chi connectivity index (χ3v) is 4.55. The number of benzene rings is 1. The largest absolute Gasteiger partial charge is 0.362 e. The Hall–Kier alpha value is -1.97. The summed E-state index contributed by atoms with van der Waals surface area (Å²) in [6.45, 7) is 5.53. The number of anilines is 1. The number of primary sulfonamides is 1. The maximum absolute atomic E-state index is 11.2. The topological polar surface area (TPSA) is 102 Å². The van der Waals surface area contributed by atoms with Gasteiger partial charge in [0.25, 0.3) is 0 Å². The van der Waals surface area contributed by atoms with E-state index in [4.69, 9.17) is 17.4 Å². The second-order valence-electron chi connectivity index (χ2n) is 5.45. The Kier molecular flexibility index (Phi) is 5.92. The summed E-state index contributed by atoms with van der Waals surface area (Å²) in [7, 11) is -3.68. The summed E-state index contributed by atoms with van der Waals surface area (Å²) in [5, 5.41) is 16.0. The molecule has 0 saturated carbocycles. The van der Waals surface area contributed by atoms with Gasteiger partial charge in [-0.25, -0.2) is 13.6 Å². The van der Waals surface area contributed by atoms with Crippen LogP contribution in [0.3, 0.4) is 0 Å². The highest BCUT2D eigenvalue weighted by atomic mass is 32.2. The van der Waals surface area contributed by atoms with Gasteiger partial charge >= 0.3 is 0 Å². The Bertz CT molecular complexity index is 813. The molecule has 130 valence electrons. The van der Waals surface area contributed by atoms with Gasteiger partial charge in [0.05, 0.1) is 10.6 Å². The lowest BCUT2D eigenvalue weighted by molar-refractivity contribution is 0.558. The van der Waals surface area contributed by atoms with Crippen molar-refractivity contribution in [3.05, 3.63) is 41.7 Å². The predicted octanol–water partition coefficient (Wildman–Crippen LogP) is 1.52. The molecule has 24 heavy (non-hydrogen) atoms. The molecule has 0 atom stereocenters. The highest BCUT2D eigenvalue weighted by Crippen LogP contribution is 2.12. The lowest BCUT2D eigenvalue weighted by Crippen LogP contribution is -2.29. The summed E-state index contributed by atoms with van der Waals surface area (Å²) in [5.41, 5.74) is 2.85. The van der Waals surface area contributed by atoms with Crippen LogP contribution in [0.5, 0.6) is 0 Å². The molecule has 2 aromatic rings. The van der Waals surface area contributed by atoms with Gasteiger partial charge in [0.15, 0.2) is 5.11 Å². The molecule has 1 aromatic carbocycles. The number of nitrogens with two attached hydrogens (primary N) is 1. The minimum atomic E-state index is -3.68. The van der Waals surface area contributed by atoms with Crippen LogP contribution in [0.15, 0.2) is 35.2 Å². The molecule has 2 rings (SSSR count). The van der Waals surface area contributed by atoms with Gasteiger partial charge in [0, 0.05) is 24.5 Å². The molecular formula is C15H21N5O2S2. The molecule has 0 aliphatic carbocycles. The Labute approximate surface area is 147 Å². The van der Waals surface area contributed by atoms with Gasteiger partial charge in [-0.3, -0.25) is 4.68 Å². The molecule has 7 nitrogen and oxygen atoms in total. The molecule has 0 spiro atoms. The van der Waals surface area contributed by atoms with E-state index in [-0.39, 0.29) is 4.90 Å². The fourth-order valence-electron chi connectivity index (χ4n) is 2.24. The first-order valence-corrected chi connectivity index (χ1v) is 9.40. The quantitative estimate of drug-likeness (QED) is 0.528. The van der Waals surface area contributed by atoms with Crippen molar-refractivity contribution < 1.29 is 8.42 Å². The molecular weight excluding hydrogens is 346 g/mol. The summed E-state index contributed by atoms with van der Waals surface area (Å²) in [6, 6.07) is 8.14. The van der Waals surface area contributed by atoms with Gasteiger partial charge in [0.2, 0.25) is 10.0 Å². The zero-order valence-corrected chi connectivity index (χ0v) is 15.2. The molecule has 0 amide bonds. The predicted molar refractivity (Wildman–Crippen MR) is 98.4 cm³/mol. The Balaban J connectivity index is 1.76. The second-order valence-corrected chi connectivity index (χ2v) is 7.42. The summed E-state index contributed by atoms with van der Waals surface area (Å²) < 4.78 is 24.4. The molecule has 0 aliphatic heterocycles. The fraction of sp³-hybridized carbons (Fsp3) is 0.333. The van der Waals surface area contributed by atoms with Crippen molar-refractivity contribution in [2.24, 2.45) is 5.14 Å². The number of sulfonamides is 1. The van der Waals surface area contributed by atoms with Gasteiger partial charge in [-0.15, -0.1) is 0 Å². The number of aromatic nitrogens is 2. The monoisotopic (exact) mass is 367 g/mol. The fourth-order valence-corrected chi connectivity index (χ4v) is 2.97. The van der Waals surface area contributed by atoms with E-state index in [2.05, 4.69) is 15.7 Å². The van der Waals surface area contributed by atoms with Gasteiger partial charge < -0.3 is 10.6 Å². The Morgan fingerprint density at radius 1 is 1.29 bits per heavy atom. The number of thiocarbonyl (C=S) groups is 1. The molecule has 0 fully saturated rings. The molecule has 0 bridgehead atoms. The van der Waals surface area contributed by atoms with E-state index in [1.165, 1.54) is 12.1 Å². The molecule has 0 radical (unpaired) electrons.